The summed E-state index contributed by atoms with van der Waals surface area (Å²) in [5, 5.41) is 2.90. The van der Waals surface area contributed by atoms with E-state index in [-0.39, 0.29) is 17.2 Å². The zero-order valence-corrected chi connectivity index (χ0v) is 19.5. The SMILES string of the molecule is CC1(C)CC2CC(C)(CN2C(=O)c2ccc(CSCC(=O)Nc3ccccc3)cc2)C1. The van der Waals surface area contributed by atoms with E-state index in [0.717, 1.165) is 42.0 Å². The average molecular weight is 437 g/mol. The molecule has 31 heavy (non-hydrogen) atoms. The number of likely N-dealkylation sites (tertiary alicyclic amines) is 1. The van der Waals surface area contributed by atoms with E-state index >= 15 is 0 Å². The number of benzene rings is 2. The summed E-state index contributed by atoms with van der Waals surface area (Å²) in [7, 11) is 0. The van der Waals surface area contributed by atoms with Gasteiger partial charge in [0, 0.05) is 29.6 Å². The predicted octanol–water partition coefficient (Wildman–Crippen LogP) is 5.60. The third-order valence-electron chi connectivity index (χ3n) is 6.44. The fraction of sp³-hybridized carbons (Fsp3) is 0.462. The number of fused-ring (bicyclic) bond motifs is 2. The zero-order chi connectivity index (χ0) is 22.1. The summed E-state index contributed by atoms with van der Waals surface area (Å²) in [5.41, 5.74) is 3.27. The van der Waals surface area contributed by atoms with Crippen molar-refractivity contribution in [3.05, 3.63) is 65.7 Å². The molecule has 2 atom stereocenters. The van der Waals surface area contributed by atoms with Gasteiger partial charge in [-0.05, 0) is 59.9 Å². The second kappa shape index (κ2) is 8.70. The summed E-state index contributed by atoms with van der Waals surface area (Å²) < 4.78 is 0. The Balaban J connectivity index is 1.29. The van der Waals surface area contributed by atoms with Gasteiger partial charge in [0.2, 0.25) is 5.91 Å². The van der Waals surface area contributed by atoms with Crippen LogP contribution in [0.2, 0.25) is 0 Å². The van der Waals surface area contributed by atoms with Crippen molar-refractivity contribution in [2.45, 2.75) is 51.8 Å². The molecule has 1 aliphatic heterocycles. The molecule has 164 valence electrons. The maximum Gasteiger partial charge on any atom is 0.254 e. The molecule has 4 nitrogen and oxygen atoms in total. The van der Waals surface area contributed by atoms with Crippen molar-refractivity contribution in [1.29, 1.82) is 0 Å². The second-order valence-electron chi connectivity index (χ2n) is 10.3. The largest absolute Gasteiger partial charge is 0.335 e. The van der Waals surface area contributed by atoms with E-state index < -0.39 is 0 Å². The summed E-state index contributed by atoms with van der Waals surface area (Å²) in [6.07, 6.45) is 3.41. The maximum absolute atomic E-state index is 13.2. The van der Waals surface area contributed by atoms with E-state index in [4.69, 9.17) is 0 Å². The quantitative estimate of drug-likeness (QED) is 0.641. The highest BCUT2D eigenvalue weighted by Gasteiger charge is 2.50. The van der Waals surface area contributed by atoms with Crippen molar-refractivity contribution in [2.24, 2.45) is 10.8 Å². The maximum atomic E-state index is 13.2. The third kappa shape index (κ3) is 5.32. The van der Waals surface area contributed by atoms with Crippen LogP contribution in [0.1, 0.15) is 56.0 Å². The number of hydrogen-bond acceptors (Lipinski definition) is 3. The van der Waals surface area contributed by atoms with E-state index in [0.29, 0.717) is 17.2 Å². The van der Waals surface area contributed by atoms with E-state index in [1.165, 1.54) is 6.42 Å². The molecule has 0 spiro atoms. The number of hydrogen-bond donors (Lipinski definition) is 1. The van der Waals surface area contributed by atoms with Gasteiger partial charge in [-0.25, -0.2) is 0 Å². The van der Waals surface area contributed by atoms with Crippen LogP contribution in [0.4, 0.5) is 5.69 Å². The number of nitrogens with zero attached hydrogens (tertiary/aromatic N) is 1. The van der Waals surface area contributed by atoms with Crippen LogP contribution in [0.25, 0.3) is 0 Å². The predicted molar refractivity (Wildman–Crippen MR) is 128 cm³/mol. The first-order valence-electron chi connectivity index (χ1n) is 11.1. The molecule has 2 unspecified atom stereocenters. The lowest BCUT2D eigenvalue weighted by Gasteiger charge is -2.39. The first kappa shape index (κ1) is 21.9. The Morgan fingerprint density at radius 2 is 1.74 bits per heavy atom. The monoisotopic (exact) mass is 436 g/mol. The van der Waals surface area contributed by atoms with Gasteiger partial charge >= 0.3 is 0 Å². The summed E-state index contributed by atoms with van der Waals surface area (Å²) in [5.74, 6) is 1.31. The molecule has 2 fully saturated rings. The van der Waals surface area contributed by atoms with Crippen molar-refractivity contribution in [3.8, 4) is 0 Å². The van der Waals surface area contributed by atoms with Crippen molar-refractivity contribution in [2.75, 3.05) is 17.6 Å². The first-order chi connectivity index (χ1) is 14.7. The molecule has 5 heteroatoms. The minimum atomic E-state index is -0.000400. The summed E-state index contributed by atoms with van der Waals surface area (Å²) in [4.78, 5) is 27.4. The fourth-order valence-corrected chi connectivity index (χ4v) is 6.37. The van der Waals surface area contributed by atoms with Gasteiger partial charge in [-0.15, -0.1) is 11.8 Å². The summed E-state index contributed by atoms with van der Waals surface area (Å²) in [6.45, 7) is 7.87. The van der Waals surface area contributed by atoms with Gasteiger partial charge < -0.3 is 10.2 Å². The highest BCUT2D eigenvalue weighted by atomic mass is 32.2. The lowest BCUT2D eigenvalue weighted by Crippen LogP contribution is -2.37. The minimum absolute atomic E-state index is 0.000400. The Morgan fingerprint density at radius 1 is 1.03 bits per heavy atom. The molecule has 1 heterocycles. The van der Waals surface area contributed by atoms with E-state index in [1.807, 2.05) is 54.6 Å². The topological polar surface area (TPSA) is 49.4 Å². The van der Waals surface area contributed by atoms with E-state index in [9.17, 15) is 9.59 Å². The smallest absolute Gasteiger partial charge is 0.254 e. The molecule has 1 saturated heterocycles. The summed E-state index contributed by atoms with van der Waals surface area (Å²) >= 11 is 1.58. The first-order valence-corrected chi connectivity index (χ1v) is 12.2. The van der Waals surface area contributed by atoms with Crippen LogP contribution in [-0.2, 0) is 10.5 Å². The standard InChI is InChI=1S/C26H32N2O2S/c1-25(2)13-22-14-26(3,17-25)18-28(22)24(30)20-11-9-19(10-12-20)15-31-16-23(29)27-21-7-5-4-6-8-21/h4-12,22H,13-18H2,1-3H3,(H,27,29). The highest BCUT2D eigenvalue weighted by Crippen LogP contribution is 2.52. The molecule has 1 N–H and O–H groups in total. The lowest BCUT2D eigenvalue weighted by atomic mass is 9.65. The zero-order valence-electron chi connectivity index (χ0n) is 18.7. The number of carbonyl (C=O) groups is 2. The molecule has 0 aromatic heterocycles. The van der Waals surface area contributed by atoms with Crippen LogP contribution < -0.4 is 5.32 Å². The molecule has 2 amide bonds. The molecular weight excluding hydrogens is 404 g/mol. The highest BCUT2D eigenvalue weighted by molar-refractivity contribution is 7.99. The Morgan fingerprint density at radius 3 is 2.45 bits per heavy atom. The molecule has 2 aromatic carbocycles. The Kier molecular flexibility index (Phi) is 6.16. The van der Waals surface area contributed by atoms with Gasteiger partial charge in [-0.3, -0.25) is 9.59 Å². The second-order valence-corrected chi connectivity index (χ2v) is 11.2. The molecule has 1 saturated carbocycles. The van der Waals surface area contributed by atoms with Crippen LogP contribution >= 0.6 is 11.8 Å². The Hall–Kier alpha value is -2.27. The van der Waals surface area contributed by atoms with Gasteiger partial charge in [0.05, 0.1) is 5.75 Å². The molecule has 2 aromatic rings. The van der Waals surface area contributed by atoms with Gasteiger partial charge in [0.15, 0.2) is 0 Å². The van der Waals surface area contributed by atoms with Crippen LogP contribution in [0, 0.1) is 10.8 Å². The molecule has 2 bridgehead atoms. The van der Waals surface area contributed by atoms with Crippen molar-refractivity contribution in [1.82, 2.24) is 4.90 Å². The van der Waals surface area contributed by atoms with Crippen molar-refractivity contribution in [3.63, 3.8) is 0 Å². The van der Waals surface area contributed by atoms with Gasteiger partial charge in [0.25, 0.3) is 5.91 Å². The molecule has 1 aliphatic carbocycles. The fourth-order valence-electron chi connectivity index (χ4n) is 5.59. The number of para-hydroxylation sites is 1. The van der Waals surface area contributed by atoms with Gasteiger partial charge in [0.1, 0.15) is 0 Å². The number of nitrogens with one attached hydrogen (secondary N) is 1. The van der Waals surface area contributed by atoms with Crippen LogP contribution in [0.5, 0.6) is 0 Å². The van der Waals surface area contributed by atoms with E-state index in [2.05, 4.69) is 31.0 Å². The number of amides is 2. The lowest BCUT2D eigenvalue weighted by molar-refractivity contribution is -0.113. The number of rotatable bonds is 6. The number of thioether (sulfide) groups is 1. The molecule has 2 aliphatic rings. The van der Waals surface area contributed by atoms with E-state index in [1.54, 1.807) is 11.8 Å². The average Bonchev–Trinajstić information content (AvgIpc) is 2.97. The van der Waals surface area contributed by atoms with Crippen molar-refractivity contribution < 1.29 is 9.59 Å². The third-order valence-corrected chi connectivity index (χ3v) is 7.44. The normalized spacial score (nSPS) is 24.1. The van der Waals surface area contributed by atoms with Crippen molar-refractivity contribution >= 4 is 29.3 Å². The van der Waals surface area contributed by atoms with Crippen LogP contribution in [0.15, 0.2) is 54.6 Å². The number of carbonyl (C=O) groups excluding carboxylic acids is 2. The Bertz CT molecular complexity index is 942. The van der Waals surface area contributed by atoms with Gasteiger partial charge in [-0.1, -0.05) is 51.1 Å². The Labute approximate surface area is 189 Å². The molecule has 0 radical (unpaired) electrons. The minimum Gasteiger partial charge on any atom is -0.335 e. The van der Waals surface area contributed by atoms with Gasteiger partial charge in [-0.2, -0.15) is 0 Å². The molecular formula is C26H32N2O2S. The number of anilines is 1. The van der Waals surface area contributed by atoms with Crippen LogP contribution in [0.3, 0.4) is 0 Å². The van der Waals surface area contributed by atoms with Crippen LogP contribution in [-0.4, -0.2) is 35.1 Å². The summed E-state index contributed by atoms with van der Waals surface area (Å²) in [6, 6.07) is 17.8. The molecule has 4 rings (SSSR count).